The van der Waals surface area contributed by atoms with Gasteiger partial charge < -0.3 is 10.1 Å². The van der Waals surface area contributed by atoms with Gasteiger partial charge in [-0.3, -0.25) is 10.1 Å². The number of ether oxygens (including phenoxy) is 1. The summed E-state index contributed by atoms with van der Waals surface area (Å²) < 4.78 is 4.71. The third kappa shape index (κ3) is 4.60. The van der Waals surface area contributed by atoms with Crippen LogP contribution in [0.25, 0.3) is 0 Å². The van der Waals surface area contributed by atoms with Crippen LogP contribution in [0.3, 0.4) is 0 Å². The van der Waals surface area contributed by atoms with E-state index >= 15 is 0 Å². The molecule has 0 radical (unpaired) electrons. The Kier molecular flexibility index (Phi) is 4.86. The van der Waals surface area contributed by atoms with E-state index in [1.807, 2.05) is 18.2 Å². The number of benzene rings is 1. The molecule has 0 saturated heterocycles. The number of carbonyl (C=O) groups is 2. The van der Waals surface area contributed by atoms with Crippen molar-refractivity contribution >= 4 is 23.5 Å². The van der Waals surface area contributed by atoms with Gasteiger partial charge in [-0.05, 0) is 19.1 Å². The molecular formula is C13H15N5O3. The zero-order chi connectivity index (χ0) is 15.1. The summed E-state index contributed by atoms with van der Waals surface area (Å²) in [5, 5.41) is 12.9. The molecule has 0 aliphatic carbocycles. The molecule has 2 amide bonds. The van der Waals surface area contributed by atoms with Gasteiger partial charge in [0.25, 0.3) is 0 Å². The normalized spacial score (nSPS) is 9.95. The second kappa shape index (κ2) is 7.04. The van der Waals surface area contributed by atoms with E-state index in [-0.39, 0.29) is 24.9 Å². The zero-order valence-electron chi connectivity index (χ0n) is 11.4. The second-order valence-corrected chi connectivity index (χ2v) is 4.02. The van der Waals surface area contributed by atoms with Gasteiger partial charge in [0.2, 0.25) is 5.91 Å². The van der Waals surface area contributed by atoms with Crippen molar-refractivity contribution in [2.75, 3.05) is 17.2 Å². The van der Waals surface area contributed by atoms with E-state index in [1.54, 1.807) is 19.1 Å². The van der Waals surface area contributed by atoms with Crippen molar-refractivity contribution in [3.63, 3.8) is 0 Å². The molecule has 8 nitrogen and oxygen atoms in total. The molecular weight excluding hydrogens is 274 g/mol. The maximum absolute atomic E-state index is 11.8. The molecule has 110 valence electrons. The minimum Gasteiger partial charge on any atom is -0.450 e. The van der Waals surface area contributed by atoms with Gasteiger partial charge in [0.05, 0.1) is 12.8 Å². The largest absolute Gasteiger partial charge is 0.450 e. The van der Waals surface area contributed by atoms with E-state index in [4.69, 9.17) is 4.74 Å². The Bertz CT molecular complexity index is 611. The van der Waals surface area contributed by atoms with Gasteiger partial charge in [0.15, 0.2) is 5.82 Å². The minimum absolute atomic E-state index is 0.0562. The first-order chi connectivity index (χ1) is 10.2. The van der Waals surface area contributed by atoms with E-state index in [2.05, 4.69) is 20.8 Å². The van der Waals surface area contributed by atoms with Gasteiger partial charge in [-0.2, -0.15) is 9.90 Å². The van der Waals surface area contributed by atoms with Gasteiger partial charge in [-0.25, -0.2) is 4.79 Å². The highest BCUT2D eigenvalue weighted by Gasteiger charge is 2.09. The molecule has 0 aliphatic rings. The number of hydrogen-bond donors (Lipinski definition) is 2. The number of hydrogen-bond acceptors (Lipinski definition) is 5. The van der Waals surface area contributed by atoms with Crippen LogP contribution in [0.1, 0.15) is 6.92 Å². The standard InChI is InChI=1S/C13H15N5O3/c1-2-21-13(20)16-11-8-14-18(17-11)9-12(19)15-10-6-4-3-5-7-10/h3-8H,2,9H2,1H3,(H,15,19)(H,16,17,20). The predicted molar refractivity (Wildman–Crippen MR) is 75.7 cm³/mol. The Morgan fingerprint density at radius 1 is 1.24 bits per heavy atom. The molecule has 0 atom stereocenters. The second-order valence-electron chi connectivity index (χ2n) is 4.02. The Hall–Kier alpha value is -2.90. The molecule has 0 spiro atoms. The average molecular weight is 289 g/mol. The fourth-order valence-corrected chi connectivity index (χ4v) is 1.55. The molecule has 0 bridgehead atoms. The number of nitrogens with one attached hydrogen (secondary N) is 2. The molecule has 2 N–H and O–H groups in total. The Morgan fingerprint density at radius 2 is 2.00 bits per heavy atom. The first-order valence-electron chi connectivity index (χ1n) is 6.36. The molecule has 0 fully saturated rings. The molecule has 2 rings (SSSR count). The fraction of sp³-hybridized carbons (Fsp3) is 0.231. The van der Waals surface area contributed by atoms with Crippen LogP contribution in [-0.2, 0) is 16.1 Å². The van der Waals surface area contributed by atoms with Gasteiger partial charge in [-0.1, -0.05) is 18.2 Å². The molecule has 0 saturated carbocycles. The molecule has 1 aromatic heterocycles. The van der Waals surface area contributed by atoms with Gasteiger partial charge in [-0.15, -0.1) is 5.10 Å². The highest BCUT2D eigenvalue weighted by Crippen LogP contribution is 2.05. The fourth-order valence-electron chi connectivity index (χ4n) is 1.55. The monoisotopic (exact) mass is 289 g/mol. The summed E-state index contributed by atoms with van der Waals surface area (Å²) in [6.07, 6.45) is 0.727. The van der Waals surface area contributed by atoms with E-state index in [0.29, 0.717) is 5.69 Å². The van der Waals surface area contributed by atoms with Gasteiger partial charge >= 0.3 is 6.09 Å². The van der Waals surface area contributed by atoms with Crippen LogP contribution in [0.5, 0.6) is 0 Å². The average Bonchev–Trinajstić information content (AvgIpc) is 2.87. The van der Waals surface area contributed by atoms with E-state index < -0.39 is 6.09 Å². The van der Waals surface area contributed by atoms with E-state index in [0.717, 1.165) is 0 Å². The third-order valence-corrected chi connectivity index (χ3v) is 2.38. The first-order valence-corrected chi connectivity index (χ1v) is 6.36. The van der Waals surface area contributed by atoms with Crippen LogP contribution in [0, 0.1) is 0 Å². The molecule has 0 unspecified atom stereocenters. The summed E-state index contributed by atoms with van der Waals surface area (Å²) in [6.45, 7) is 1.91. The van der Waals surface area contributed by atoms with Crippen molar-refractivity contribution < 1.29 is 14.3 Å². The Labute approximate surface area is 121 Å². The summed E-state index contributed by atoms with van der Waals surface area (Å²) in [6, 6.07) is 9.06. The number of carbonyl (C=O) groups excluding carboxylic acids is 2. The topological polar surface area (TPSA) is 98.1 Å². The highest BCUT2D eigenvalue weighted by molar-refractivity contribution is 5.90. The highest BCUT2D eigenvalue weighted by atomic mass is 16.5. The number of nitrogens with zero attached hydrogens (tertiary/aromatic N) is 3. The SMILES string of the molecule is CCOC(=O)Nc1cnn(CC(=O)Nc2ccccc2)n1. The summed E-state index contributed by atoms with van der Waals surface area (Å²) in [5.41, 5.74) is 0.694. The van der Waals surface area contributed by atoms with Crippen molar-refractivity contribution in [1.82, 2.24) is 15.0 Å². The van der Waals surface area contributed by atoms with Crippen LogP contribution in [0.4, 0.5) is 16.3 Å². The van der Waals surface area contributed by atoms with Crippen LogP contribution < -0.4 is 10.6 Å². The maximum atomic E-state index is 11.8. The van der Waals surface area contributed by atoms with Crippen molar-refractivity contribution in [3.05, 3.63) is 36.5 Å². The van der Waals surface area contributed by atoms with Crippen molar-refractivity contribution in [2.24, 2.45) is 0 Å². The number of para-hydroxylation sites is 1. The zero-order valence-corrected chi connectivity index (χ0v) is 11.4. The van der Waals surface area contributed by atoms with Crippen LogP contribution in [-0.4, -0.2) is 33.6 Å². The van der Waals surface area contributed by atoms with Crippen LogP contribution in [0.2, 0.25) is 0 Å². The van der Waals surface area contributed by atoms with E-state index in [9.17, 15) is 9.59 Å². The predicted octanol–water partition coefficient (Wildman–Crippen LogP) is 1.49. The first kappa shape index (κ1) is 14.5. The van der Waals surface area contributed by atoms with Gasteiger partial charge in [0.1, 0.15) is 6.54 Å². The molecule has 8 heteroatoms. The number of aromatic nitrogens is 3. The molecule has 21 heavy (non-hydrogen) atoms. The lowest BCUT2D eigenvalue weighted by atomic mass is 10.3. The number of amides is 2. The lowest BCUT2D eigenvalue weighted by Crippen LogP contribution is -2.20. The minimum atomic E-state index is -0.613. The van der Waals surface area contributed by atoms with Crippen LogP contribution in [0.15, 0.2) is 36.5 Å². The van der Waals surface area contributed by atoms with Gasteiger partial charge in [0, 0.05) is 5.69 Å². The maximum Gasteiger partial charge on any atom is 0.412 e. The third-order valence-electron chi connectivity index (χ3n) is 2.38. The van der Waals surface area contributed by atoms with Crippen LogP contribution >= 0.6 is 0 Å². The lowest BCUT2D eigenvalue weighted by Gasteiger charge is -2.04. The Morgan fingerprint density at radius 3 is 2.71 bits per heavy atom. The quantitative estimate of drug-likeness (QED) is 0.868. The smallest absolute Gasteiger partial charge is 0.412 e. The lowest BCUT2D eigenvalue weighted by molar-refractivity contribution is -0.117. The van der Waals surface area contributed by atoms with Crippen molar-refractivity contribution in [3.8, 4) is 0 Å². The van der Waals surface area contributed by atoms with E-state index in [1.165, 1.54) is 11.0 Å². The summed E-state index contributed by atoms with van der Waals surface area (Å²) in [5.74, 6) is -0.0413. The summed E-state index contributed by atoms with van der Waals surface area (Å²) >= 11 is 0. The molecule has 0 aliphatic heterocycles. The Balaban J connectivity index is 1.87. The van der Waals surface area contributed by atoms with Crippen molar-refractivity contribution in [1.29, 1.82) is 0 Å². The summed E-state index contributed by atoms with van der Waals surface area (Å²) in [4.78, 5) is 24.2. The molecule has 2 aromatic rings. The molecule has 1 aromatic carbocycles. The van der Waals surface area contributed by atoms with Crippen molar-refractivity contribution in [2.45, 2.75) is 13.5 Å². The number of anilines is 2. The molecule has 1 heterocycles. The number of rotatable bonds is 5. The summed E-state index contributed by atoms with van der Waals surface area (Å²) in [7, 11) is 0.